The lowest BCUT2D eigenvalue weighted by molar-refractivity contribution is -0.196. The fraction of sp³-hybridized carbons (Fsp3) is 0.182. The molecule has 3 N–H and O–H groups in total. The molecule has 0 saturated carbocycles. The van der Waals surface area contributed by atoms with Crippen molar-refractivity contribution >= 4 is 17.6 Å². The summed E-state index contributed by atoms with van der Waals surface area (Å²) < 4.78 is 57.9. The molecule has 1 unspecified atom stereocenters. The van der Waals surface area contributed by atoms with Crippen molar-refractivity contribution in [1.29, 1.82) is 0 Å². The molecule has 34 heavy (non-hydrogen) atoms. The van der Waals surface area contributed by atoms with Gasteiger partial charge in [0.25, 0.3) is 22.9 Å². The van der Waals surface area contributed by atoms with Crippen molar-refractivity contribution in [2.45, 2.75) is 24.7 Å². The van der Waals surface area contributed by atoms with Gasteiger partial charge in [-0.05, 0) is 24.1 Å². The molecule has 0 radical (unpaired) electrons. The monoisotopic (exact) mass is 476 g/mol. The van der Waals surface area contributed by atoms with E-state index in [1.54, 1.807) is 35.3 Å². The number of alkyl halides is 3. The Morgan fingerprint density at radius 1 is 1.00 bits per heavy atom. The van der Waals surface area contributed by atoms with Crippen LogP contribution < -0.4 is 21.9 Å². The summed E-state index contributed by atoms with van der Waals surface area (Å²) in [6, 6.07) is 12.9. The predicted molar refractivity (Wildman–Crippen MR) is 112 cm³/mol. The second-order valence-electron chi connectivity index (χ2n) is 7.51. The number of carbonyl (C=O) groups is 2. The van der Waals surface area contributed by atoms with Gasteiger partial charge in [-0.1, -0.05) is 42.5 Å². The lowest BCUT2D eigenvalue weighted by Crippen LogP contribution is -2.62. The van der Waals surface area contributed by atoms with E-state index in [4.69, 9.17) is 0 Å². The molecule has 3 aromatic rings. The zero-order valence-corrected chi connectivity index (χ0v) is 17.2. The van der Waals surface area contributed by atoms with Crippen molar-refractivity contribution < 1.29 is 27.2 Å². The van der Waals surface area contributed by atoms with Crippen LogP contribution in [0.4, 0.5) is 23.4 Å². The van der Waals surface area contributed by atoms with Crippen molar-refractivity contribution in [2.24, 2.45) is 0 Å². The quantitative estimate of drug-likeness (QED) is 0.490. The largest absolute Gasteiger partial charge is 0.425 e. The average Bonchev–Trinajstić information content (AvgIpc) is 3.07. The zero-order chi connectivity index (χ0) is 24.7. The standard InChI is InChI=1S/C22H16F4N4O4/c23-14-9-5-4-8-13(14)17(31)29-21(22(24,25)26)15-16(27-19(21)33)30(20(34)28-18(15)32)11-10-12-6-2-1-3-7-12/h1-9H,10-11H2,(H,27,33)(H,29,31)(H,28,32,34). The molecule has 0 spiro atoms. The minimum atomic E-state index is -5.52. The molecule has 4 rings (SSSR count). The van der Waals surface area contributed by atoms with Crippen LogP contribution in [-0.2, 0) is 23.3 Å². The Morgan fingerprint density at radius 3 is 2.29 bits per heavy atom. The van der Waals surface area contributed by atoms with Gasteiger partial charge in [-0.15, -0.1) is 0 Å². The Balaban J connectivity index is 1.85. The summed E-state index contributed by atoms with van der Waals surface area (Å²) in [5.41, 5.74) is -7.63. The van der Waals surface area contributed by atoms with Crippen molar-refractivity contribution in [3.8, 4) is 0 Å². The number of amides is 2. The molecule has 2 amide bonds. The maximum Gasteiger partial charge on any atom is 0.425 e. The minimum Gasteiger partial charge on any atom is -0.326 e. The van der Waals surface area contributed by atoms with Gasteiger partial charge in [0.1, 0.15) is 17.2 Å². The molecule has 2 aromatic carbocycles. The number of rotatable bonds is 5. The number of fused-ring (bicyclic) bond motifs is 1. The molecule has 176 valence electrons. The molecule has 1 atom stereocenters. The molecule has 2 heterocycles. The normalized spacial score (nSPS) is 17.2. The number of halogens is 4. The van der Waals surface area contributed by atoms with Crippen LogP contribution in [0.15, 0.2) is 64.2 Å². The van der Waals surface area contributed by atoms with Gasteiger partial charge in [0.2, 0.25) is 0 Å². The molecule has 8 nitrogen and oxygen atoms in total. The second kappa shape index (κ2) is 8.28. The third-order valence-corrected chi connectivity index (χ3v) is 5.46. The second-order valence-corrected chi connectivity index (χ2v) is 7.51. The summed E-state index contributed by atoms with van der Waals surface area (Å²) in [7, 11) is 0. The molecule has 0 fully saturated rings. The number of H-pyrrole nitrogens is 1. The van der Waals surface area contributed by atoms with Crippen LogP contribution in [0.2, 0.25) is 0 Å². The van der Waals surface area contributed by atoms with Crippen LogP contribution in [0.5, 0.6) is 0 Å². The number of carbonyl (C=O) groups excluding carboxylic acids is 2. The van der Waals surface area contributed by atoms with Gasteiger partial charge in [0, 0.05) is 6.54 Å². The van der Waals surface area contributed by atoms with E-state index in [2.05, 4.69) is 0 Å². The van der Waals surface area contributed by atoms with E-state index in [0.717, 1.165) is 22.3 Å². The fourth-order valence-corrected chi connectivity index (χ4v) is 3.81. The molecular weight excluding hydrogens is 460 g/mol. The highest BCUT2D eigenvalue weighted by molar-refractivity contribution is 6.09. The molecule has 1 aliphatic rings. The highest BCUT2D eigenvalue weighted by Crippen LogP contribution is 2.45. The minimum absolute atomic E-state index is 0.183. The van der Waals surface area contributed by atoms with Gasteiger partial charge in [0.15, 0.2) is 0 Å². The lowest BCUT2D eigenvalue weighted by atomic mass is 9.91. The van der Waals surface area contributed by atoms with Crippen LogP contribution in [0.3, 0.4) is 0 Å². The van der Waals surface area contributed by atoms with Crippen molar-refractivity contribution in [2.75, 3.05) is 5.32 Å². The average molecular weight is 476 g/mol. The smallest absolute Gasteiger partial charge is 0.326 e. The number of aromatic nitrogens is 2. The summed E-state index contributed by atoms with van der Waals surface area (Å²) >= 11 is 0. The van der Waals surface area contributed by atoms with Crippen molar-refractivity contribution in [3.63, 3.8) is 0 Å². The maximum atomic E-state index is 14.4. The number of aromatic amines is 1. The molecule has 0 saturated heterocycles. The fourth-order valence-electron chi connectivity index (χ4n) is 3.81. The molecular formula is C22H16F4N4O4. The first-order chi connectivity index (χ1) is 16.1. The predicted octanol–water partition coefficient (Wildman–Crippen LogP) is 2.06. The topological polar surface area (TPSA) is 113 Å². The summed E-state index contributed by atoms with van der Waals surface area (Å²) in [6.45, 7) is -0.183. The Bertz CT molecular complexity index is 1400. The molecule has 0 aliphatic carbocycles. The lowest BCUT2D eigenvalue weighted by Gasteiger charge is -2.30. The van der Waals surface area contributed by atoms with Gasteiger partial charge in [-0.3, -0.25) is 23.9 Å². The molecule has 12 heteroatoms. The van der Waals surface area contributed by atoms with Gasteiger partial charge >= 0.3 is 11.9 Å². The van der Waals surface area contributed by atoms with E-state index in [1.165, 1.54) is 17.4 Å². The Hall–Kier alpha value is -4.22. The van der Waals surface area contributed by atoms with E-state index >= 15 is 0 Å². The third-order valence-electron chi connectivity index (χ3n) is 5.46. The summed E-state index contributed by atoms with van der Waals surface area (Å²) in [4.78, 5) is 52.1. The molecule has 1 aromatic heterocycles. The Kier molecular flexibility index (Phi) is 5.59. The summed E-state index contributed by atoms with van der Waals surface area (Å²) in [6.07, 6.45) is -5.33. The van der Waals surface area contributed by atoms with Crippen molar-refractivity contribution in [3.05, 3.63) is 97.9 Å². The van der Waals surface area contributed by atoms with Crippen LogP contribution in [-0.4, -0.2) is 27.5 Å². The van der Waals surface area contributed by atoms with Crippen LogP contribution >= 0.6 is 0 Å². The number of benzene rings is 2. The Labute approximate surface area is 188 Å². The first-order valence-corrected chi connectivity index (χ1v) is 9.93. The summed E-state index contributed by atoms with van der Waals surface area (Å²) in [5.74, 6) is -5.19. The maximum absolute atomic E-state index is 14.4. The number of nitrogens with one attached hydrogen (secondary N) is 3. The van der Waals surface area contributed by atoms with Gasteiger partial charge < -0.3 is 10.6 Å². The van der Waals surface area contributed by atoms with Gasteiger partial charge in [0.05, 0.1) is 5.56 Å². The zero-order valence-electron chi connectivity index (χ0n) is 17.2. The number of hydrogen-bond donors (Lipinski definition) is 3. The molecule has 0 bridgehead atoms. The van der Waals surface area contributed by atoms with E-state index in [1.807, 2.05) is 5.32 Å². The Morgan fingerprint density at radius 2 is 1.65 bits per heavy atom. The third kappa shape index (κ3) is 3.66. The van der Waals surface area contributed by atoms with Crippen LogP contribution in [0.25, 0.3) is 0 Å². The van der Waals surface area contributed by atoms with E-state index in [-0.39, 0.29) is 13.0 Å². The molecule has 1 aliphatic heterocycles. The van der Waals surface area contributed by atoms with E-state index in [9.17, 15) is 36.7 Å². The number of aryl methyl sites for hydroxylation is 1. The first-order valence-electron chi connectivity index (χ1n) is 9.93. The highest BCUT2D eigenvalue weighted by atomic mass is 19.4. The van der Waals surface area contributed by atoms with Crippen LogP contribution in [0.1, 0.15) is 21.5 Å². The van der Waals surface area contributed by atoms with Gasteiger partial charge in [-0.25, -0.2) is 9.18 Å². The number of hydrogen-bond acceptors (Lipinski definition) is 4. The first kappa shape index (κ1) is 23.0. The van der Waals surface area contributed by atoms with E-state index < -0.39 is 57.5 Å². The van der Waals surface area contributed by atoms with Crippen molar-refractivity contribution in [1.82, 2.24) is 14.9 Å². The van der Waals surface area contributed by atoms with Crippen LogP contribution in [0, 0.1) is 5.82 Å². The highest BCUT2D eigenvalue weighted by Gasteiger charge is 2.68. The van der Waals surface area contributed by atoms with Gasteiger partial charge in [-0.2, -0.15) is 13.2 Å². The summed E-state index contributed by atoms with van der Waals surface area (Å²) in [5, 5.41) is 3.43. The SMILES string of the molecule is O=C(NC1(C(F)(F)F)C(=O)Nc2c1c(=O)[nH]c(=O)n2CCc1ccccc1)c1ccccc1F. The number of anilines is 1. The van der Waals surface area contributed by atoms with E-state index in [0.29, 0.717) is 0 Å². The number of nitrogens with zero attached hydrogens (tertiary/aromatic N) is 1.